The zero-order valence-corrected chi connectivity index (χ0v) is 15.2. The van der Waals surface area contributed by atoms with Gasteiger partial charge in [0.25, 0.3) is 0 Å². The molecule has 0 aromatic rings. The second kappa shape index (κ2) is 7.97. The topological polar surface area (TPSA) is 75.3 Å². The van der Waals surface area contributed by atoms with Crippen molar-refractivity contribution < 1.29 is 13.2 Å². The van der Waals surface area contributed by atoms with Gasteiger partial charge < -0.3 is 10.6 Å². The van der Waals surface area contributed by atoms with Gasteiger partial charge in [-0.25, -0.2) is 8.42 Å². The predicted octanol–water partition coefficient (Wildman–Crippen LogP) is 1.52. The molecule has 1 saturated heterocycles. The van der Waals surface area contributed by atoms with Gasteiger partial charge >= 0.3 is 0 Å². The summed E-state index contributed by atoms with van der Waals surface area (Å²) in [5.41, 5.74) is 0. The van der Waals surface area contributed by atoms with Crippen LogP contribution >= 0.6 is 12.4 Å². The molecule has 22 heavy (non-hydrogen) atoms. The summed E-state index contributed by atoms with van der Waals surface area (Å²) in [6.45, 7) is 4.01. The first-order valence-electron chi connectivity index (χ1n) is 8.05. The number of carbonyl (C=O) groups is 1. The Labute approximate surface area is 140 Å². The lowest BCUT2D eigenvalue weighted by Crippen LogP contribution is -2.57. The Hall–Kier alpha value is -0.330. The van der Waals surface area contributed by atoms with Gasteiger partial charge in [-0.1, -0.05) is 26.2 Å². The predicted molar refractivity (Wildman–Crippen MR) is 91.1 cm³/mol. The maximum absolute atomic E-state index is 12.6. The zero-order valence-electron chi connectivity index (χ0n) is 13.6. The average Bonchev–Trinajstić information content (AvgIpc) is 2.45. The van der Waals surface area contributed by atoms with Gasteiger partial charge in [-0.3, -0.25) is 4.79 Å². The molecule has 1 aliphatic carbocycles. The van der Waals surface area contributed by atoms with E-state index in [0.717, 1.165) is 6.42 Å². The summed E-state index contributed by atoms with van der Waals surface area (Å²) in [7, 11) is -3.41. The molecule has 2 N–H and O–H groups in total. The largest absolute Gasteiger partial charge is 0.354 e. The summed E-state index contributed by atoms with van der Waals surface area (Å²) in [5, 5.41) is 6.09. The number of nitrogens with one attached hydrogen (secondary N) is 2. The Morgan fingerprint density at radius 1 is 1.23 bits per heavy atom. The highest BCUT2D eigenvalue weighted by Gasteiger charge is 2.48. The van der Waals surface area contributed by atoms with Crippen LogP contribution < -0.4 is 10.6 Å². The van der Waals surface area contributed by atoms with E-state index in [9.17, 15) is 13.2 Å². The fourth-order valence-electron chi connectivity index (χ4n) is 3.68. The molecule has 2 atom stereocenters. The molecule has 0 radical (unpaired) electrons. The molecule has 2 unspecified atom stereocenters. The van der Waals surface area contributed by atoms with Crippen molar-refractivity contribution in [3.05, 3.63) is 0 Å². The Bertz CT molecular complexity index is 475. The van der Waals surface area contributed by atoms with Crippen LogP contribution in [0.2, 0.25) is 0 Å². The lowest BCUT2D eigenvalue weighted by molar-refractivity contribution is -0.124. The van der Waals surface area contributed by atoms with E-state index in [2.05, 4.69) is 17.6 Å². The quantitative estimate of drug-likeness (QED) is 0.804. The average molecular weight is 353 g/mol. The van der Waals surface area contributed by atoms with Gasteiger partial charge in [0.1, 0.15) is 0 Å². The van der Waals surface area contributed by atoms with Crippen molar-refractivity contribution in [3.8, 4) is 0 Å². The van der Waals surface area contributed by atoms with Gasteiger partial charge in [-0.05, 0) is 44.2 Å². The van der Waals surface area contributed by atoms with Gasteiger partial charge in [-0.2, -0.15) is 0 Å². The lowest BCUT2D eigenvalue weighted by atomic mass is 9.80. The third-order valence-electron chi connectivity index (χ3n) is 5.35. The van der Waals surface area contributed by atoms with Crippen molar-refractivity contribution in [2.75, 3.05) is 25.9 Å². The summed E-state index contributed by atoms with van der Waals surface area (Å²) < 4.78 is 23.1. The number of hydrogen-bond donors (Lipinski definition) is 2. The van der Waals surface area contributed by atoms with Crippen molar-refractivity contribution in [1.82, 2.24) is 10.6 Å². The summed E-state index contributed by atoms with van der Waals surface area (Å²) in [6, 6.07) is 0. The van der Waals surface area contributed by atoms with Crippen LogP contribution in [0.15, 0.2) is 0 Å². The highest BCUT2D eigenvalue weighted by Crippen LogP contribution is 2.31. The van der Waals surface area contributed by atoms with Crippen molar-refractivity contribution in [1.29, 1.82) is 0 Å². The van der Waals surface area contributed by atoms with Gasteiger partial charge in [0.15, 0.2) is 14.6 Å². The van der Waals surface area contributed by atoms with Gasteiger partial charge in [-0.15, -0.1) is 12.4 Å². The first-order valence-corrected chi connectivity index (χ1v) is 9.94. The van der Waals surface area contributed by atoms with Crippen molar-refractivity contribution in [2.45, 2.75) is 50.2 Å². The molecule has 7 heteroatoms. The van der Waals surface area contributed by atoms with E-state index in [4.69, 9.17) is 0 Å². The molecule has 1 aliphatic heterocycles. The number of rotatable bonds is 4. The Balaban J connectivity index is 0.00000242. The highest BCUT2D eigenvalue weighted by molar-refractivity contribution is 7.92. The Morgan fingerprint density at radius 2 is 1.82 bits per heavy atom. The number of amides is 1. The minimum absolute atomic E-state index is 0. The standard InChI is InChI=1S/C15H28N2O3S.ClH/c1-12-5-3-4-6-13(12)11-17-14(18)15(21(2,19)20)7-9-16-10-8-15;/h12-13,16H,3-11H2,1-2H3,(H,17,18);1H. The first kappa shape index (κ1) is 19.7. The van der Waals surface area contributed by atoms with E-state index in [1.54, 1.807) is 0 Å². The van der Waals surface area contributed by atoms with Crippen LogP contribution in [-0.4, -0.2) is 45.0 Å². The van der Waals surface area contributed by atoms with E-state index in [0.29, 0.717) is 44.3 Å². The molecule has 0 spiro atoms. The summed E-state index contributed by atoms with van der Waals surface area (Å²) in [5.74, 6) is 0.812. The number of hydrogen-bond acceptors (Lipinski definition) is 4. The fourth-order valence-corrected chi connectivity index (χ4v) is 5.03. The third-order valence-corrected chi connectivity index (χ3v) is 7.36. The van der Waals surface area contributed by atoms with E-state index in [1.165, 1.54) is 25.5 Å². The molecular formula is C15H29ClN2O3S. The maximum Gasteiger partial charge on any atom is 0.241 e. The van der Waals surface area contributed by atoms with Crippen LogP contribution in [0.3, 0.4) is 0 Å². The van der Waals surface area contributed by atoms with Crippen molar-refractivity contribution in [3.63, 3.8) is 0 Å². The lowest BCUT2D eigenvalue weighted by Gasteiger charge is -2.35. The molecular weight excluding hydrogens is 324 g/mol. The van der Waals surface area contributed by atoms with Crippen LogP contribution in [0.4, 0.5) is 0 Å². The van der Waals surface area contributed by atoms with Gasteiger partial charge in [0.2, 0.25) is 5.91 Å². The maximum atomic E-state index is 12.6. The summed E-state index contributed by atoms with van der Waals surface area (Å²) in [6.07, 6.45) is 6.77. The van der Waals surface area contributed by atoms with Crippen LogP contribution in [0.1, 0.15) is 45.4 Å². The number of halogens is 1. The molecule has 0 aromatic carbocycles. The molecule has 2 rings (SSSR count). The molecule has 0 aromatic heterocycles. The summed E-state index contributed by atoms with van der Waals surface area (Å²) >= 11 is 0. The van der Waals surface area contributed by atoms with Gasteiger partial charge in [0.05, 0.1) is 0 Å². The highest BCUT2D eigenvalue weighted by atomic mass is 35.5. The van der Waals surface area contributed by atoms with Crippen molar-refractivity contribution in [2.24, 2.45) is 11.8 Å². The second-order valence-corrected chi connectivity index (χ2v) is 9.07. The molecule has 1 saturated carbocycles. The van der Waals surface area contributed by atoms with Crippen LogP contribution in [0, 0.1) is 11.8 Å². The number of sulfone groups is 1. The minimum Gasteiger partial charge on any atom is -0.354 e. The van der Waals surface area contributed by atoms with E-state index < -0.39 is 14.6 Å². The molecule has 2 fully saturated rings. The van der Waals surface area contributed by atoms with E-state index >= 15 is 0 Å². The molecule has 130 valence electrons. The smallest absolute Gasteiger partial charge is 0.241 e. The molecule has 1 heterocycles. The molecule has 1 amide bonds. The second-order valence-electron chi connectivity index (χ2n) is 6.75. The minimum atomic E-state index is -3.41. The van der Waals surface area contributed by atoms with Gasteiger partial charge in [0, 0.05) is 12.8 Å². The van der Waals surface area contributed by atoms with Crippen molar-refractivity contribution >= 4 is 28.2 Å². The third kappa shape index (κ3) is 4.15. The zero-order chi connectivity index (χ0) is 15.5. The van der Waals surface area contributed by atoms with Crippen LogP contribution in [0.25, 0.3) is 0 Å². The molecule has 2 aliphatic rings. The Morgan fingerprint density at radius 3 is 2.36 bits per heavy atom. The number of carbonyl (C=O) groups excluding carboxylic acids is 1. The molecule has 5 nitrogen and oxygen atoms in total. The van der Waals surface area contributed by atoms with Crippen LogP contribution in [-0.2, 0) is 14.6 Å². The SMILES string of the molecule is CC1CCCCC1CNC(=O)C1(S(C)(=O)=O)CCNCC1.Cl. The summed E-state index contributed by atoms with van der Waals surface area (Å²) in [4.78, 5) is 12.6. The first-order chi connectivity index (χ1) is 9.87. The number of piperidine rings is 1. The molecule has 0 bridgehead atoms. The fraction of sp³-hybridized carbons (Fsp3) is 0.933. The van der Waals surface area contributed by atoms with Crippen LogP contribution in [0.5, 0.6) is 0 Å². The monoisotopic (exact) mass is 352 g/mol. The normalized spacial score (nSPS) is 28.5. The van der Waals surface area contributed by atoms with E-state index in [1.807, 2.05) is 0 Å². The Kier molecular flexibility index (Phi) is 7.15. The van der Waals surface area contributed by atoms with E-state index in [-0.39, 0.29) is 18.3 Å².